The molecule has 0 unspecified atom stereocenters. The van der Waals surface area contributed by atoms with E-state index in [2.05, 4.69) is 25.6 Å². The molecule has 8 nitrogen and oxygen atoms in total. The first-order chi connectivity index (χ1) is 13.8. The van der Waals surface area contributed by atoms with E-state index in [9.17, 15) is 0 Å². The van der Waals surface area contributed by atoms with Crippen molar-refractivity contribution in [3.63, 3.8) is 0 Å². The number of rotatable bonds is 4. The fourth-order valence-corrected chi connectivity index (χ4v) is 3.74. The number of hydrogen-bond donors (Lipinski definition) is 3. The van der Waals surface area contributed by atoms with Crippen LogP contribution in [0.3, 0.4) is 0 Å². The molecule has 0 saturated heterocycles. The molecular formula is C19H16N6O2S. The first kappa shape index (κ1) is 16.6. The van der Waals surface area contributed by atoms with Crippen LogP contribution < -0.4 is 25.8 Å². The molecule has 4 N–H and O–H groups in total. The highest BCUT2D eigenvalue weighted by Gasteiger charge is 2.14. The Hall–Kier alpha value is -3.59. The van der Waals surface area contributed by atoms with Gasteiger partial charge in [0.05, 0.1) is 10.2 Å². The highest BCUT2D eigenvalue weighted by atomic mass is 32.1. The highest BCUT2D eigenvalue weighted by molar-refractivity contribution is 7.22. The summed E-state index contributed by atoms with van der Waals surface area (Å²) in [6.45, 7) is 1.09. The van der Waals surface area contributed by atoms with E-state index >= 15 is 0 Å². The van der Waals surface area contributed by atoms with Gasteiger partial charge in [-0.2, -0.15) is 0 Å². The fourth-order valence-electron chi connectivity index (χ4n) is 2.88. The van der Waals surface area contributed by atoms with Crippen molar-refractivity contribution in [1.82, 2.24) is 15.0 Å². The standard InChI is InChI=1S/C19H16N6O2S/c20-16-17(23-11-5-6-13-14(9-11)27-8-7-26-13)21-10-22-18(16)25-19-24-12-3-1-2-4-15(12)28-19/h1-6,9-10H,7-8,20H2,(H2,21,22,23,24,25). The van der Waals surface area contributed by atoms with E-state index in [1.54, 1.807) is 0 Å². The average molecular weight is 392 g/mol. The molecule has 0 atom stereocenters. The van der Waals surface area contributed by atoms with Crippen LogP contribution in [-0.4, -0.2) is 28.2 Å². The molecule has 1 aliphatic rings. The molecule has 5 rings (SSSR count). The van der Waals surface area contributed by atoms with Gasteiger partial charge >= 0.3 is 0 Å². The van der Waals surface area contributed by atoms with E-state index in [4.69, 9.17) is 15.2 Å². The summed E-state index contributed by atoms with van der Waals surface area (Å²) >= 11 is 1.54. The molecule has 9 heteroatoms. The van der Waals surface area contributed by atoms with Crippen LogP contribution in [0.2, 0.25) is 0 Å². The van der Waals surface area contributed by atoms with Gasteiger partial charge in [0.1, 0.15) is 25.2 Å². The minimum atomic E-state index is 0.400. The second-order valence-corrected chi connectivity index (χ2v) is 7.11. The number of benzene rings is 2. The van der Waals surface area contributed by atoms with Crippen LogP contribution in [0, 0.1) is 0 Å². The molecule has 0 spiro atoms. The normalized spacial score (nSPS) is 12.7. The van der Waals surface area contributed by atoms with Crippen molar-refractivity contribution in [2.45, 2.75) is 0 Å². The van der Waals surface area contributed by atoms with E-state index in [1.165, 1.54) is 17.7 Å². The lowest BCUT2D eigenvalue weighted by Gasteiger charge is -2.19. The van der Waals surface area contributed by atoms with E-state index < -0.39 is 0 Å². The van der Waals surface area contributed by atoms with Gasteiger partial charge in [0.25, 0.3) is 0 Å². The number of thiazole rings is 1. The van der Waals surface area contributed by atoms with Crippen LogP contribution >= 0.6 is 11.3 Å². The zero-order valence-electron chi connectivity index (χ0n) is 14.7. The van der Waals surface area contributed by atoms with E-state index in [-0.39, 0.29) is 0 Å². The predicted molar refractivity (Wildman–Crippen MR) is 110 cm³/mol. The molecule has 2 aromatic carbocycles. The van der Waals surface area contributed by atoms with E-state index in [1.807, 2.05) is 42.5 Å². The van der Waals surface area contributed by atoms with Gasteiger partial charge in [-0.1, -0.05) is 23.5 Å². The third-order valence-electron chi connectivity index (χ3n) is 4.21. The predicted octanol–water partition coefficient (Wildman–Crippen LogP) is 3.93. The lowest BCUT2D eigenvalue weighted by atomic mass is 10.2. The lowest BCUT2D eigenvalue weighted by molar-refractivity contribution is 0.171. The number of nitrogens with two attached hydrogens (primary N) is 1. The number of nitrogens with zero attached hydrogens (tertiary/aromatic N) is 3. The molecule has 28 heavy (non-hydrogen) atoms. The quantitative estimate of drug-likeness (QED) is 0.480. The molecule has 4 aromatic rings. The first-order valence-electron chi connectivity index (χ1n) is 8.66. The van der Waals surface area contributed by atoms with Crippen LogP contribution in [-0.2, 0) is 0 Å². The Morgan fingerprint density at radius 2 is 1.71 bits per heavy atom. The third kappa shape index (κ3) is 3.12. The average Bonchev–Trinajstić information content (AvgIpc) is 3.13. The smallest absolute Gasteiger partial charge is 0.189 e. The number of para-hydroxylation sites is 1. The van der Waals surface area contributed by atoms with Gasteiger partial charge in [-0.15, -0.1) is 0 Å². The Morgan fingerprint density at radius 3 is 2.57 bits per heavy atom. The maximum absolute atomic E-state index is 6.28. The SMILES string of the molecule is Nc1c(Nc2ccc3c(c2)OCCO3)ncnc1Nc1nc2ccccc2s1. The highest BCUT2D eigenvalue weighted by Crippen LogP contribution is 2.35. The Morgan fingerprint density at radius 1 is 0.929 bits per heavy atom. The Labute approximate surface area is 164 Å². The molecule has 0 aliphatic carbocycles. The second kappa shape index (κ2) is 6.86. The third-order valence-corrected chi connectivity index (χ3v) is 5.16. The Bertz CT molecular complexity index is 1130. The van der Waals surface area contributed by atoms with Gasteiger partial charge in [0.15, 0.2) is 28.3 Å². The van der Waals surface area contributed by atoms with Gasteiger partial charge in [-0.25, -0.2) is 15.0 Å². The Balaban J connectivity index is 1.40. The van der Waals surface area contributed by atoms with Crippen molar-refractivity contribution in [3.05, 3.63) is 48.8 Å². The molecular weight excluding hydrogens is 376 g/mol. The lowest BCUT2D eigenvalue weighted by Crippen LogP contribution is -2.15. The van der Waals surface area contributed by atoms with Gasteiger partial charge in [-0.05, 0) is 24.3 Å². The van der Waals surface area contributed by atoms with Crippen molar-refractivity contribution >= 4 is 49.7 Å². The molecule has 0 fully saturated rings. The number of fused-ring (bicyclic) bond motifs is 2. The zero-order chi connectivity index (χ0) is 18.9. The number of hydrogen-bond acceptors (Lipinski definition) is 9. The number of nitrogen functional groups attached to an aromatic ring is 1. The molecule has 0 radical (unpaired) electrons. The number of aromatic nitrogens is 3. The first-order valence-corrected chi connectivity index (χ1v) is 9.48. The largest absolute Gasteiger partial charge is 0.486 e. The minimum Gasteiger partial charge on any atom is -0.486 e. The van der Waals surface area contributed by atoms with Crippen molar-refractivity contribution in [2.24, 2.45) is 0 Å². The van der Waals surface area contributed by atoms with Crippen molar-refractivity contribution < 1.29 is 9.47 Å². The van der Waals surface area contributed by atoms with Crippen LogP contribution in [0.5, 0.6) is 11.5 Å². The van der Waals surface area contributed by atoms with Crippen LogP contribution in [0.25, 0.3) is 10.2 Å². The number of nitrogens with one attached hydrogen (secondary N) is 2. The van der Waals surface area contributed by atoms with Gasteiger partial charge < -0.3 is 25.8 Å². The van der Waals surface area contributed by atoms with Crippen LogP contribution in [0.15, 0.2) is 48.8 Å². The van der Waals surface area contributed by atoms with E-state index in [0.717, 1.165) is 26.8 Å². The molecule has 0 bridgehead atoms. The number of anilines is 5. The van der Waals surface area contributed by atoms with Crippen LogP contribution in [0.1, 0.15) is 0 Å². The minimum absolute atomic E-state index is 0.400. The summed E-state index contributed by atoms with van der Waals surface area (Å²) in [5.74, 6) is 2.41. The van der Waals surface area contributed by atoms with Gasteiger partial charge in [0, 0.05) is 11.8 Å². The molecule has 2 aromatic heterocycles. The number of ether oxygens (including phenoxy) is 2. The zero-order valence-corrected chi connectivity index (χ0v) is 15.5. The van der Waals surface area contributed by atoms with Gasteiger partial charge in [0.2, 0.25) is 0 Å². The summed E-state index contributed by atoms with van der Waals surface area (Å²) in [7, 11) is 0. The topological polar surface area (TPSA) is 107 Å². The van der Waals surface area contributed by atoms with E-state index in [0.29, 0.717) is 36.3 Å². The molecule has 0 saturated carbocycles. The summed E-state index contributed by atoms with van der Waals surface area (Å²) in [6.07, 6.45) is 1.45. The van der Waals surface area contributed by atoms with Crippen molar-refractivity contribution in [3.8, 4) is 11.5 Å². The summed E-state index contributed by atoms with van der Waals surface area (Å²) < 4.78 is 12.2. The molecule has 140 valence electrons. The summed E-state index contributed by atoms with van der Waals surface area (Å²) in [6, 6.07) is 13.5. The van der Waals surface area contributed by atoms with Gasteiger partial charge in [-0.3, -0.25) is 0 Å². The fraction of sp³-hybridized carbons (Fsp3) is 0.105. The summed E-state index contributed by atoms with van der Waals surface area (Å²) in [5.41, 5.74) is 8.40. The summed E-state index contributed by atoms with van der Waals surface area (Å²) in [4.78, 5) is 13.1. The molecule has 0 amide bonds. The van der Waals surface area contributed by atoms with Crippen molar-refractivity contribution in [1.29, 1.82) is 0 Å². The second-order valence-electron chi connectivity index (χ2n) is 6.08. The monoisotopic (exact) mass is 392 g/mol. The van der Waals surface area contributed by atoms with Crippen LogP contribution in [0.4, 0.5) is 28.1 Å². The molecule has 3 heterocycles. The maximum atomic E-state index is 6.28. The summed E-state index contributed by atoms with van der Waals surface area (Å²) in [5, 5.41) is 7.11. The van der Waals surface area contributed by atoms with Crippen molar-refractivity contribution in [2.75, 3.05) is 29.6 Å². The maximum Gasteiger partial charge on any atom is 0.189 e. The molecule has 1 aliphatic heterocycles. The Kier molecular flexibility index (Phi) is 4.06.